The molecular weight excluding hydrogens is 288 g/mol. The fourth-order valence-electron chi connectivity index (χ4n) is 1.66. The molecule has 1 atom stereocenters. The average Bonchev–Trinajstić information content (AvgIpc) is 2.38. The maximum atomic E-state index is 11.9. The van der Waals surface area contributed by atoms with Gasteiger partial charge in [-0.3, -0.25) is 10.1 Å². The Balaban J connectivity index is 2.84. The second-order valence-corrected chi connectivity index (χ2v) is 5.81. The molecule has 0 aliphatic rings. The van der Waals surface area contributed by atoms with Crippen LogP contribution in [0.25, 0.3) is 0 Å². The van der Waals surface area contributed by atoms with Gasteiger partial charge in [0.2, 0.25) is 5.91 Å². The first-order chi connectivity index (χ1) is 9.88. The molecule has 2 N–H and O–H groups in total. The number of hydrogen-bond acceptors (Lipinski definition) is 5. The quantitative estimate of drug-likeness (QED) is 0.828. The van der Waals surface area contributed by atoms with Gasteiger partial charge in [0.1, 0.15) is 11.1 Å². The standard InChI is InChI=1S/C14H18N4O2S/c1-5-16-14(20)18-12(19)10(4)21-13-11(7-15)8(2)6-9(3)17-13/h6,10H,5H2,1-4H3,(H2,16,18,19,20). The van der Waals surface area contributed by atoms with Gasteiger partial charge in [0.05, 0.1) is 10.8 Å². The van der Waals surface area contributed by atoms with Crippen LogP contribution in [-0.2, 0) is 4.79 Å². The van der Waals surface area contributed by atoms with E-state index in [2.05, 4.69) is 21.7 Å². The van der Waals surface area contributed by atoms with Crippen LogP contribution in [-0.4, -0.2) is 28.7 Å². The topological polar surface area (TPSA) is 94.9 Å². The molecule has 0 aliphatic carbocycles. The molecule has 0 bridgehead atoms. The van der Waals surface area contributed by atoms with E-state index in [4.69, 9.17) is 0 Å². The Morgan fingerprint density at radius 3 is 2.71 bits per heavy atom. The first kappa shape index (κ1) is 17.0. The molecule has 0 saturated heterocycles. The van der Waals surface area contributed by atoms with Crippen LogP contribution in [0.3, 0.4) is 0 Å². The number of rotatable bonds is 4. The van der Waals surface area contributed by atoms with Crippen molar-refractivity contribution >= 4 is 23.7 Å². The fraction of sp³-hybridized carbons (Fsp3) is 0.429. The van der Waals surface area contributed by atoms with Crippen molar-refractivity contribution in [1.29, 1.82) is 5.26 Å². The third kappa shape index (κ3) is 4.76. The number of aryl methyl sites for hydroxylation is 2. The van der Waals surface area contributed by atoms with Gasteiger partial charge in [-0.1, -0.05) is 11.8 Å². The number of carbonyl (C=O) groups excluding carboxylic acids is 2. The highest BCUT2D eigenvalue weighted by Crippen LogP contribution is 2.27. The molecule has 3 amide bonds. The Hall–Kier alpha value is -2.07. The summed E-state index contributed by atoms with van der Waals surface area (Å²) in [5.74, 6) is -0.421. The lowest BCUT2D eigenvalue weighted by atomic mass is 10.1. The van der Waals surface area contributed by atoms with Crippen LogP contribution < -0.4 is 10.6 Å². The summed E-state index contributed by atoms with van der Waals surface area (Å²) in [6.07, 6.45) is 0. The lowest BCUT2D eigenvalue weighted by Gasteiger charge is -2.13. The molecule has 21 heavy (non-hydrogen) atoms. The molecule has 0 fully saturated rings. The molecule has 0 radical (unpaired) electrons. The average molecular weight is 306 g/mol. The number of nitriles is 1. The van der Waals surface area contributed by atoms with E-state index in [1.165, 1.54) is 11.8 Å². The molecule has 0 saturated carbocycles. The summed E-state index contributed by atoms with van der Waals surface area (Å²) >= 11 is 1.17. The van der Waals surface area contributed by atoms with E-state index in [-0.39, 0.29) is 0 Å². The van der Waals surface area contributed by atoms with Gasteiger partial charge >= 0.3 is 6.03 Å². The Labute approximate surface area is 128 Å². The Kier molecular flexibility index (Phi) is 6.18. The third-order valence-corrected chi connectivity index (χ3v) is 3.74. The Morgan fingerprint density at radius 1 is 1.48 bits per heavy atom. The van der Waals surface area contributed by atoms with E-state index in [1.807, 2.05) is 19.9 Å². The predicted molar refractivity (Wildman–Crippen MR) is 81.0 cm³/mol. The third-order valence-electron chi connectivity index (χ3n) is 2.65. The van der Waals surface area contributed by atoms with Gasteiger partial charge in [0.15, 0.2) is 0 Å². The number of thioether (sulfide) groups is 1. The van der Waals surface area contributed by atoms with E-state index in [9.17, 15) is 14.9 Å². The highest BCUT2D eigenvalue weighted by atomic mass is 32.2. The maximum Gasteiger partial charge on any atom is 0.321 e. The van der Waals surface area contributed by atoms with Crippen molar-refractivity contribution in [3.8, 4) is 6.07 Å². The molecule has 6 nitrogen and oxygen atoms in total. The van der Waals surface area contributed by atoms with Crippen LogP contribution >= 0.6 is 11.8 Å². The van der Waals surface area contributed by atoms with Crippen molar-refractivity contribution in [2.24, 2.45) is 0 Å². The second-order valence-electron chi connectivity index (χ2n) is 4.48. The fourth-order valence-corrected chi connectivity index (χ4v) is 2.69. The first-order valence-corrected chi connectivity index (χ1v) is 7.40. The van der Waals surface area contributed by atoms with Crippen molar-refractivity contribution in [2.75, 3.05) is 6.54 Å². The zero-order valence-electron chi connectivity index (χ0n) is 12.5. The largest absolute Gasteiger partial charge is 0.338 e. The summed E-state index contributed by atoms with van der Waals surface area (Å²) in [6, 6.07) is 3.40. The van der Waals surface area contributed by atoms with Gasteiger partial charge in [-0.05, 0) is 39.3 Å². The smallest absolute Gasteiger partial charge is 0.321 e. The monoisotopic (exact) mass is 306 g/mol. The lowest BCUT2D eigenvalue weighted by Crippen LogP contribution is -2.42. The van der Waals surface area contributed by atoms with E-state index in [0.29, 0.717) is 17.1 Å². The second kappa shape index (κ2) is 7.64. The molecule has 1 aromatic heterocycles. The van der Waals surface area contributed by atoms with Gasteiger partial charge in [0.25, 0.3) is 0 Å². The molecule has 1 heterocycles. The van der Waals surface area contributed by atoms with E-state index >= 15 is 0 Å². The number of imide groups is 1. The molecule has 1 rings (SSSR count). The van der Waals surface area contributed by atoms with Gasteiger partial charge in [0, 0.05) is 12.2 Å². The maximum absolute atomic E-state index is 11.9. The SMILES string of the molecule is CCNC(=O)NC(=O)C(C)Sc1nc(C)cc(C)c1C#N. The van der Waals surface area contributed by atoms with Crippen molar-refractivity contribution in [2.45, 2.75) is 38.0 Å². The zero-order chi connectivity index (χ0) is 16.0. The lowest BCUT2D eigenvalue weighted by molar-refractivity contribution is -0.119. The van der Waals surface area contributed by atoms with Crippen LogP contribution in [0, 0.1) is 25.2 Å². The van der Waals surface area contributed by atoms with Gasteiger partial charge < -0.3 is 5.32 Å². The Morgan fingerprint density at radius 2 is 2.14 bits per heavy atom. The number of nitrogens with one attached hydrogen (secondary N) is 2. The van der Waals surface area contributed by atoms with Gasteiger partial charge in [-0.25, -0.2) is 9.78 Å². The van der Waals surface area contributed by atoms with Gasteiger partial charge in [-0.15, -0.1) is 0 Å². The van der Waals surface area contributed by atoms with Crippen LogP contribution in [0.15, 0.2) is 11.1 Å². The van der Waals surface area contributed by atoms with Crippen LogP contribution in [0.5, 0.6) is 0 Å². The number of amides is 3. The summed E-state index contributed by atoms with van der Waals surface area (Å²) in [5.41, 5.74) is 2.07. The number of nitrogens with zero attached hydrogens (tertiary/aromatic N) is 2. The minimum atomic E-state index is -0.534. The predicted octanol–water partition coefficient (Wildman–Crippen LogP) is 1.90. The van der Waals surface area contributed by atoms with Crippen molar-refractivity contribution < 1.29 is 9.59 Å². The highest BCUT2D eigenvalue weighted by Gasteiger charge is 2.20. The summed E-state index contributed by atoms with van der Waals surface area (Å²) in [5, 5.41) is 13.9. The molecule has 112 valence electrons. The number of carbonyl (C=O) groups is 2. The number of aromatic nitrogens is 1. The number of urea groups is 1. The van der Waals surface area contributed by atoms with Crippen molar-refractivity contribution in [1.82, 2.24) is 15.6 Å². The van der Waals surface area contributed by atoms with Crippen LogP contribution in [0.1, 0.15) is 30.7 Å². The first-order valence-electron chi connectivity index (χ1n) is 6.52. The molecule has 7 heteroatoms. The summed E-state index contributed by atoms with van der Waals surface area (Å²) in [4.78, 5) is 27.5. The summed E-state index contributed by atoms with van der Waals surface area (Å²) in [6.45, 7) is 7.53. The Bertz CT molecular complexity index is 595. The minimum absolute atomic E-state index is 0.421. The molecule has 1 aromatic rings. The molecule has 0 spiro atoms. The molecule has 0 aromatic carbocycles. The molecule has 1 unspecified atom stereocenters. The minimum Gasteiger partial charge on any atom is -0.338 e. The van der Waals surface area contributed by atoms with Gasteiger partial charge in [-0.2, -0.15) is 5.26 Å². The van der Waals surface area contributed by atoms with E-state index in [0.717, 1.165) is 11.3 Å². The normalized spacial score (nSPS) is 11.4. The number of pyridine rings is 1. The van der Waals surface area contributed by atoms with E-state index < -0.39 is 17.2 Å². The summed E-state index contributed by atoms with van der Waals surface area (Å²) < 4.78 is 0. The molecular formula is C14H18N4O2S. The van der Waals surface area contributed by atoms with Crippen LogP contribution in [0.2, 0.25) is 0 Å². The molecule has 0 aliphatic heterocycles. The number of hydrogen-bond donors (Lipinski definition) is 2. The highest BCUT2D eigenvalue weighted by molar-refractivity contribution is 8.00. The van der Waals surface area contributed by atoms with Crippen molar-refractivity contribution in [3.63, 3.8) is 0 Å². The summed E-state index contributed by atoms with van der Waals surface area (Å²) in [7, 11) is 0. The van der Waals surface area contributed by atoms with E-state index in [1.54, 1.807) is 13.8 Å². The van der Waals surface area contributed by atoms with Crippen LogP contribution in [0.4, 0.5) is 4.79 Å². The van der Waals surface area contributed by atoms with Crippen molar-refractivity contribution in [3.05, 3.63) is 22.9 Å². The zero-order valence-corrected chi connectivity index (χ0v) is 13.3.